The number of nitrogens with one attached hydrogen (secondary N) is 1. The van der Waals surface area contributed by atoms with Gasteiger partial charge < -0.3 is 0 Å². The number of hydrazine groups is 1. The summed E-state index contributed by atoms with van der Waals surface area (Å²) in [5.41, 5.74) is 6.32. The average Bonchev–Trinajstić information content (AvgIpc) is 2.99. The lowest BCUT2D eigenvalue weighted by molar-refractivity contribution is 0.647. The lowest BCUT2D eigenvalue weighted by Gasteiger charge is -2.14. The maximum Gasteiger partial charge on any atom is 0.0841 e. The first kappa shape index (κ1) is 11.4. The molecule has 3 rings (SSSR count). The van der Waals surface area contributed by atoms with E-state index in [0.29, 0.717) is 0 Å². The maximum atomic E-state index is 5.73. The number of fused-ring (bicyclic) bond motifs is 1. The van der Waals surface area contributed by atoms with Crippen molar-refractivity contribution in [3.8, 4) is 0 Å². The Hall–Kier alpha value is -1.69. The molecule has 3 aromatic rings. The van der Waals surface area contributed by atoms with Gasteiger partial charge in [0, 0.05) is 16.6 Å². The van der Waals surface area contributed by atoms with E-state index in [4.69, 9.17) is 5.84 Å². The summed E-state index contributed by atoms with van der Waals surface area (Å²) in [6.07, 6.45) is 3.81. The molecule has 0 aromatic carbocycles. The molecule has 0 bridgehead atoms. The molecule has 3 heterocycles. The van der Waals surface area contributed by atoms with Crippen LogP contribution in [0.5, 0.6) is 0 Å². The Kier molecular flexibility index (Phi) is 2.87. The van der Waals surface area contributed by atoms with Gasteiger partial charge in [0.05, 0.1) is 17.8 Å². The molecule has 0 aliphatic rings. The normalized spacial score (nSPS) is 13.0. The molecule has 92 valence electrons. The summed E-state index contributed by atoms with van der Waals surface area (Å²) >= 11 is 1.71. The predicted molar refractivity (Wildman–Crippen MR) is 73.4 cm³/mol. The number of rotatable bonds is 3. The van der Waals surface area contributed by atoms with Crippen LogP contribution in [0, 0.1) is 6.92 Å². The van der Waals surface area contributed by atoms with Crippen molar-refractivity contribution >= 4 is 16.9 Å². The Labute approximate surface area is 109 Å². The number of nitrogens with two attached hydrogens (primary N) is 1. The van der Waals surface area contributed by atoms with Crippen molar-refractivity contribution in [1.29, 1.82) is 0 Å². The summed E-state index contributed by atoms with van der Waals surface area (Å²) in [6.45, 7) is 2.10. The van der Waals surface area contributed by atoms with Crippen LogP contribution in [0.1, 0.15) is 22.0 Å². The molecule has 0 fully saturated rings. The Morgan fingerprint density at radius 2 is 2.28 bits per heavy atom. The van der Waals surface area contributed by atoms with Crippen LogP contribution in [0.15, 0.2) is 42.0 Å². The molecule has 0 radical (unpaired) electrons. The molecule has 18 heavy (non-hydrogen) atoms. The van der Waals surface area contributed by atoms with Crippen LogP contribution < -0.4 is 11.3 Å². The van der Waals surface area contributed by atoms with E-state index >= 15 is 0 Å². The second kappa shape index (κ2) is 4.53. The quantitative estimate of drug-likeness (QED) is 0.559. The third-order valence-corrected chi connectivity index (χ3v) is 4.18. The highest BCUT2D eigenvalue weighted by Gasteiger charge is 2.19. The maximum absolute atomic E-state index is 5.73. The van der Waals surface area contributed by atoms with Crippen LogP contribution in [0.25, 0.3) is 5.52 Å². The van der Waals surface area contributed by atoms with Gasteiger partial charge in [-0.1, -0.05) is 6.07 Å². The van der Waals surface area contributed by atoms with Gasteiger partial charge >= 0.3 is 0 Å². The van der Waals surface area contributed by atoms with E-state index in [9.17, 15) is 0 Å². The van der Waals surface area contributed by atoms with Gasteiger partial charge in [-0.3, -0.25) is 5.84 Å². The van der Waals surface area contributed by atoms with E-state index in [-0.39, 0.29) is 6.04 Å². The molecule has 0 saturated carbocycles. The lowest BCUT2D eigenvalue weighted by Crippen LogP contribution is -2.28. The van der Waals surface area contributed by atoms with Crippen LogP contribution in [-0.2, 0) is 0 Å². The zero-order valence-electron chi connectivity index (χ0n) is 10.00. The van der Waals surface area contributed by atoms with Crippen LogP contribution in [0.3, 0.4) is 0 Å². The third-order valence-electron chi connectivity index (χ3n) is 3.10. The standard InChI is InChI=1S/C13H14N4S/c1-9-5-7-18-13(9)12(16-14)10-8-15-17-6-3-2-4-11(10)17/h2-8,12,16H,14H2,1H3. The molecular weight excluding hydrogens is 244 g/mol. The third kappa shape index (κ3) is 1.73. The number of thiophene rings is 1. The van der Waals surface area contributed by atoms with Crippen molar-refractivity contribution in [2.45, 2.75) is 13.0 Å². The van der Waals surface area contributed by atoms with Gasteiger partial charge in [0.1, 0.15) is 0 Å². The minimum absolute atomic E-state index is 0.00935. The molecule has 0 aliphatic carbocycles. The predicted octanol–water partition coefficient (Wildman–Crippen LogP) is 2.26. The topological polar surface area (TPSA) is 55.3 Å². The Balaban J connectivity index is 2.15. The van der Waals surface area contributed by atoms with Crippen LogP contribution in [0.4, 0.5) is 0 Å². The summed E-state index contributed by atoms with van der Waals surface area (Å²) < 4.78 is 1.86. The Morgan fingerprint density at radius 1 is 1.39 bits per heavy atom. The highest BCUT2D eigenvalue weighted by molar-refractivity contribution is 7.10. The molecule has 0 spiro atoms. The molecule has 5 heteroatoms. The fourth-order valence-corrected chi connectivity index (χ4v) is 3.17. The second-order valence-corrected chi connectivity index (χ2v) is 5.15. The molecule has 0 amide bonds. The average molecular weight is 258 g/mol. The van der Waals surface area contributed by atoms with E-state index in [1.807, 2.05) is 29.0 Å². The highest BCUT2D eigenvalue weighted by atomic mass is 32.1. The molecule has 1 atom stereocenters. The Bertz CT molecular complexity index is 670. The number of aryl methyl sites for hydroxylation is 1. The molecular formula is C13H14N4S. The molecule has 4 nitrogen and oxygen atoms in total. The summed E-state index contributed by atoms with van der Waals surface area (Å²) in [4.78, 5) is 1.23. The van der Waals surface area contributed by atoms with E-state index in [0.717, 1.165) is 11.1 Å². The van der Waals surface area contributed by atoms with E-state index < -0.39 is 0 Å². The van der Waals surface area contributed by atoms with Crippen LogP contribution in [0.2, 0.25) is 0 Å². The summed E-state index contributed by atoms with van der Waals surface area (Å²) in [6, 6.07) is 8.12. The summed E-state index contributed by atoms with van der Waals surface area (Å²) in [7, 11) is 0. The van der Waals surface area contributed by atoms with Gasteiger partial charge in [0.25, 0.3) is 0 Å². The number of hydrogen-bond donors (Lipinski definition) is 2. The zero-order chi connectivity index (χ0) is 12.5. The van der Waals surface area contributed by atoms with Gasteiger partial charge in [-0.15, -0.1) is 11.3 Å². The first-order valence-electron chi connectivity index (χ1n) is 5.73. The lowest BCUT2D eigenvalue weighted by atomic mass is 10.1. The summed E-state index contributed by atoms with van der Waals surface area (Å²) in [5, 5.41) is 6.44. The van der Waals surface area contributed by atoms with Gasteiger partial charge in [-0.25, -0.2) is 9.94 Å². The zero-order valence-corrected chi connectivity index (χ0v) is 10.8. The van der Waals surface area contributed by atoms with Gasteiger partial charge in [0.2, 0.25) is 0 Å². The SMILES string of the molecule is Cc1ccsc1C(NN)c1cnn2ccccc12. The number of hydrogen-bond acceptors (Lipinski definition) is 4. The molecule has 0 saturated heterocycles. The highest BCUT2D eigenvalue weighted by Crippen LogP contribution is 2.30. The second-order valence-electron chi connectivity index (χ2n) is 4.20. The van der Waals surface area contributed by atoms with Crippen molar-refractivity contribution in [3.05, 3.63) is 58.0 Å². The minimum Gasteiger partial charge on any atom is -0.271 e. The van der Waals surface area contributed by atoms with Crippen molar-refractivity contribution in [2.24, 2.45) is 5.84 Å². The van der Waals surface area contributed by atoms with Crippen molar-refractivity contribution in [3.63, 3.8) is 0 Å². The minimum atomic E-state index is -0.00935. The first-order chi connectivity index (χ1) is 8.81. The molecule has 0 aliphatic heterocycles. The van der Waals surface area contributed by atoms with Crippen LogP contribution in [-0.4, -0.2) is 9.61 Å². The number of aromatic nitrogens is 2. The van der Waals surface area contributed by atoms with E-state index in [1.54, 1.807) is 11.3 Å². The number of pyridine rings is 1. The number of nitrogens with zero attached hydrogens (tertiary/aromatic N) is 2. The molecule has 1 unspecified atom stereocenters. The van der Waals surface area contributed by atoms with Crippen molar-refractivity contribution < 1.29 is 0 Å². The van der Waals surface area contributed by atoms with Crippen LogP contribution >= 0.6 is 11.3 Å². The fraction of sp³-hybridized carbons (Fsp3) is 0.154. The smallest absolute Gasteiger partial charge is 0.0841 e. The van der Waals surface area contributed by atoms with E-state index in [1.165, 1.54) is 10.4 Å². The van der Waals surface area contributed by atoms with Gasteiger partial charge in [-0.05, 0) is 36.1 Å². The summed E-state index contributed by atoms with van der Waals surface area (Å²) in [5.74, 6) is 5.73. The van der Waals surface area contributed by atoms with Gasteiger partial charge in [-0.2, -0.15) is 5.10 Å². The first-order valence-corrected chi connectivity index (χ1v) is 6.61. The largest absolute Gasteiger partial charge is 0.271 e. The van der Waals surface area contributed by atoms with Gasteiger partial charge in [0.15, 0.2) is 0 Å². The Morgan fingerprint density at radius 3 is 3.00 bits per heavy atom. The monoisotopic (exact) mass is 258 g/mol. The fourth-order valence-electron chi connectivity index (χ4n) is 2.16. The van der Waals surface area contributed by atoms with E-state index in [2.05, 4.69) is 35.0 Å². The van der Waals surface area contributed by atoms with Crippen molar-refractivity contribution in [1.82, 2.24) is 15.0 Å². The van der Waals surface area contributed by atoms with Crippen molar-refractivity contribution in [2.75, 3.05) is 0 Å². The molecule has 3 aromatic heterocycles. The molecule has 3 N–H and O–H groups in total.